The smallest absolute Gasteiger partial charge is 0.248 e. The first-order valence-corrected chi connectivity index (χ1v) is 8.77. The zero-order chi connectivity index (χ0) is 19.1. The number of nitrogens with zero attached hydrogens (tertiary/aromatic N) is 1. The molecule has 0 radical (unpaired) electrons. The molecule has 0 saturated carbocycles. The SMILES string of the molecule is NC(=O)c1ccc(CNC(=O)CCCc2ncc(-c3ccccc3)o2)cc1. The number of carbonyl (C=O) groups is 2. The topological polar surface area (TPSA) is 98.2 Å². The Balaban J connectivity index is 1.41. The predicted molar refractivity (Wildman–Crippen MR) is 102 cm³/mol. The maximum Gasteiger partial charge on any atom is 0.248 e. The second kappa shape index (κ2) is 8.80. The van der Waals surface area contributed by atoms with Gasteiger partial charge in [0.05, 0.1) is 6.20 Å². The molecule has 0 bridgehead atoms. The highest BCUT2D eigenvalue weighted by Crippen LogP contribution is 2.20. The summed E-state index contributed by atoms with van der Waals surface area (Å²) in [6, 6.07) is 16.6. The molecular weight excluding hydrogens is 342 g/mol. The number of primary amides is 1. The van der Waals surface area contributed by atoms with Crippen LogP contribution < -0.4 is 11.1 Å². The van der Waals surface area contributed by atoms with E-state index in [0.29, 0.717) is 37.3 Å². The highest BCUT2D eigenvalue weighted by Gasteiger charge is 2.08. The molecule has 0 unspecified atom stereocenters. The lowest BCUT2D eigenvalue weighted by Crippen LogP contribution is -2.22. The summed E-state index contributed by atoms with van der Waals surface area (Å²) in [7, 11) is 0. The standard InChI is InChI=1S/C21H21N3O3/c22-21(26)17-11-9-15(10-12-17)13-23-19(25)7-4-8-20-24-14-18(27-20)16-5-2-1-3-6-16/h1-3,5-6,9-12,14H,4,7-8,13H2,(H2,22,26)(H,23,25). The fourth-order valence-corrected chi connectivity index (χ4v) is 2.64. The molecule has 3 aromatic rings. The van der Waals surface area contributed by atoms with Gasteiger partial charge >= 0.3 is 0 Å². The van der Waals surface area contributed by atoms with Crippen molar-refractivity contribution in [2.75, 3.05) is 0 Å². The summed E-state index contributed by atoms with van der Waals surface area (Å²) >= 11 is 0. The Hall–Kier alpha value is -3.41. The number of nitrogens with one attached hydrogen (secondary N) is 1. The molecule has 3 N–H and O–H groups in total. The van der Waals surface area contributed by atoms with E-state index in [0.717, 1.165) is 16.9 Å². The highest BCUT2D eigenvalue weighted by molar-refractivity contribution is 5.92. The minimum absolute atomic E-state index is 0.0381. The van der Waals surface area contributed by atoms with Crippen LogP contribution in [0.25, 0.3) is 11.3 Å². The van der Waals surface area contributed by atoms with Crippen LogP contribution in [0.1, 0.15) is 34.7 Å². The van der Waals surface area contributed by atoms with Gasteiger partial charge in [-0.2, -0.15) is 0 Å². The number of hydrogen-bond donors (Lipinski definition) is 2. The molecule has 0 spiro atoms. The molecule has 3 rings (SSSR count). The van der Waals surface area contributed by atoms with Crippen LogP contribution >= 0.6 is 0 Å². The van der Waals surface area contributed by atoms with Crippen LogP contribution in [-0.2, 0) is 17.8 Å². The van der Waals surface area contributed by atoms with Crippen LogP contribution in [0.15, 0.2) is 65.2 Å². The van der Waals surface area contributed by atoms with Gasteiger partial charge in [-0.3, -0.25) is 9.59 Å². The third-order valence-electron chi connectivity index (χ3n) is 4.13. The van der Waals surface area contributed by atoms with E-state index in [1.165, 1.54) is 0 Å². The maximum atomic E-state index is 12.0. The number of benzene rings is 2. The molecule has 0 atom stereocenters. The average molecular weight is 363 g/mol. The fourth-order valence-electron chi connectivity index (χ4n) is 2.64. The molecule has 1 heterocycles. The van der Waals surface area contributed by atoms with Gasteiger partial charge in [0.25, 0.3) is 0 Å². The Morgan fingerprint density at radius 2 is 1.78 bits per heavy atom. The number of hydrogen-bond acceptors (Lipinski definition) is 4. The molecular formula is C21H21N3O3. The summed E-state index contributed by atoms with van der Waals surface area (Å²) < 4.78 is 5.73. The zero-order valence-corrected chi connectivity index (χ0v) is 14.9. The van der Waals surface area contributed by atoms with E-state index < -0.39 is 5.91 Å². The number of aromatic nitrogens is 1. The lowest BCUT2D eigenvalue weighted by atomic mass is 10.1. The zero-order valence-electron chi connectivity index (χ0n) is 14.9. The second-order valence-electron chi connectivity index (χ2n) is 6.18. The molecule has 2 aromatic carbocycles. The van der Waals surface area contributed by atoms with Gasteiger partial charge in [0.2, 0.25) is 11.8 Å². The number of amides is 2. The van der Waals surface area contributed by atoms with Crippen LogP contribution in [0.3, 0.4) is 0 Å². The molecule has 138 valence electrons. The molecule has 27 heavy (non-hydrogen) atoms. The third-order valence-corrected chi connectivity index (χ3v) is 4.13. The maximum absolute atomic E-state index is 12.0. The molecule has 0 aliphatic carbocycles. The quantitative estimate of drug-likeness (QED) is 0.642. The lowest BCUT2D eigenvalue weighted by molar-refractivity contribution is -0.121. The first-order valence-electron chi connectivity index (χ1n) is 8.77. The first kappa shape index (κ1) is 18.4. The van der Waals surface area contributed by atoms with Crippen molar-refractivity contribution < 1.29 is 14.0 Å². The van der Waals surface area contributed by atoms with Gasteiger partial charge in [0.1, 0.15) is 0 Å². The van der Waals surface area contributed by atoms with Crippen LogP contribution in [0.4, 0.5) is 0 Å². The largest absolute Gasteiger partial charge is 0.441 e. The van der Waals surface area contributed by atoms with E-state index in [1.54, 1.807) is 30.5 Å². The van der Waals surface area contributed by atoms with Crippen molar-refractivity contribution in [3.05, 3.63) is 77.8 Å². The number of nitrogens with two attached hydrogens (primary N) is 1. The molecule has 6 nitrogen and oxygen atoms in total. The van der Waals surface area contributed by atoms with Gasteiger partial charge in [0, 0.05) is 30.5 Å². The monoisotopic (exact) mass is 363 g/mol. The minimum atomic E-state index is -0.465. The first-order chi connectivity index (χ1) is 13.1. The Morgan fingerprint density at radius 1 is 1.04 bits per heavy atom. The predicted octanol–water partition coefficient (Wildman–Crippen LogP) is 3.08. The van der Waals surface area contributed by atoms with Crippen LogP contribution in [-0.4, -0.2) is 16.8 Å². The molecule has 0 fully saturated rings. The Bertz CT molecular complexity index is 902. The summed E-state index contributed by atoms with van der Waals surface area (Å²) in [6.07, 6.45) is 3.36. The Morgan fingerprint density at radius 3 is 2.48 bits per heavy atom. The minimum Gasteiger partial charge on any atom is -0.441 e. The van der Waals surface area contributed by atoms with Gasteiger partial charge < -0.3 is 15.5 Å². The van der Waals surface area contributed by atoms with Crippen molar-refractivity contribution in [3.63, 3.8) is 0 Å². The van der Waals surface area contributed by atoms with E-state index >= 15 is 0 Å². The normalized spacial score (nSPS) is 10.5. The number of oxazole rings is 1. The van der Waals surface area contributed by atoms with Gasteiger partial charge in [-0.15, -0.1) is 0 Å². The van der Waals surface area contributed by atoms with Crippen molar-refractivity contribution in [2.45, 2.75) is 25.8 Å². The Labute approximate surface area is 157 Å². The molecule has 0 aliphatic rings. The molecule has 2 amide bonds. The fraction of sp³-hybridized carbons (Fsp3) is 0.190. The van der Waals surface area contributed by atoms with E-state index in [2.05, 4.69) is 10.3 Å². The molecule has 6 heteroatoms. The molecule has 1 aromatic heterocycles. The summed E-state index contributed by atoms with van der Waals surface area (Å²) in [5.41, 5.74) is 7.55. The van der Waals surface area contributed by atoms with Crippen LogP contribution in [0.5, 0.6) is 0 Å². The van der Waals surface area contributed by atoms with Gasteiger partial charge in [-0.25, -0.2) is 4.98 Å². The van der Waals surface area contributed by atoms with E-state index in [9.17, 15) is 9.59 Å². The number of carbonyl (C=O) groups excluding carboxylic acids is 2. The molecule has 0 aliphatic heterocycles. The van der Waals surface area contributed by atoms with Gasteiger partial charge in [-0.1, -0.05) is 42.5 Å². The van der Waals surface area contributed by atoms with E-state index in [4.69, 9.17) is 10.2 Å². The summed E-state index contributed by atoms with van der Waals surface area (Å²) in [4.78, 5) is 27.3. The average Bonchev–Trinajstić information content (AvgIpc) is 3.16. The highest BCUT2D eigenvalue weighted by atomic mass is 16.4. The lowest BCUT2D eigenvalue weighted by Gasteiger charge is -2.05. The van der Waals surface area contributed by atoms with Crippen LogP contribution in [0, 0.1) is 0 Å². The number of aryl methyl sites for hydroxylation is 1. The Kier molecular flexibility index (Phi) is 5.99. The molecule has 0 saturated heterocycles. The van der Waals surface area contributed by atoms with Crippen LogP contribution in [0.2, 0.25) is 0 Å². The van der Waals surface area contributed by atoms with Crippen molar-refractivity contribution in [1.29, 1.82) is 0 Å². The van der Waals surface area contributed by atoms with E-state index in [1.807, 2.05) is 30.3 Å². The number of rotatable bonds is 8. The third kappa shape index (κ3) is 5.28. The van der Waals surface area contributed by atoms with Crippen molar-refractivity contribution in [3.8, 4) is 11.3 Å². The summed E-state index contributed by atoms with van der Waals surface area (Å²) in [5, 5.41) is 2.86. The van der Waals surface area contributed by atoms with Crippen molar-refractivity contribution in [1.82, 2.24) is 10.3 Å². The second-order valence-corrected chi connectivity index (χ2v) is 6.18. The van der Waals surface area contributed by atoms with Crippen molar-refractivity contribution >= 4 is 11.8 Å². The summed E-state index contributed by atoms with van der Waals surface area (Å²) in [6.45, 7) is 0.412. The van der Waals surface area contributed by atoms with Gasteiger partial charge in [0.15, 0.2) is 11.7 Å². The van der Waals surface area contributed by atoms with Gasteiger partial charge in [-0.05, 0) is 24.1 Å². The van der Waals surface area contributed by atoms with Crippen molar-refractivity contribution in [2.24, 2.45) is 5.73 Å². The van der Waals surface area contributed by atoms with E-state index in [-0.39, 0.29) is 5.91 Å². The summed E-state index contributed by atoms with van der Waals surface area (Å²) in [5.74, 6) is 0.856.